The van der Waals surface area contributed by atoms with Crippen LogP contribution in [0, 0.1) is 5.92 Å². The summed E-state index contributed by atoms with van der Waals surface area (Å²) in [4.78, 5) is 0. The van der Waals surface area contributed by atoms with Crippen LogP contribution in [0.15, 0.2) is 0 Å². The van der Waals surface area contributed by atoms with E-state index in [0.29, 0.717) is 0 Å². The molecule has 0 spiro atoms. The summed E-state index contributed by atoms with van der Waals surface area (Å²) in [5, 5.41) is 2.63. The summed E-state index contributed by atoms with van der Waals surface area (Å²) in [7, 11) is 0. The minimum atomic E-state index is 0.911. The zero-order chi connectivity index (χ0) is 7.68. The largest absolute Gasteiger partial charge is 0.341 e. The molecular weight excluding hydrogens is 134 g/mol. The lowest BCUT2D eigenvalue weighted by atomic mass is 9.78. The lowest BCUT2D eigenvalue weighted by molar-refractivity contribution is -0.735. The molecule has 1 nitrogen and oxygen atoms in total. The molecule has 2 N–H and O–H groups in total. The Morgan fingerprint density at radius 3 is 2.73 bits per heavy atom. The maximum Gasteiger partial charge on any atom is 0.0889 e. The molecule has 64 valence electrons. The average molecular weight is 154 g/mol. The lowest BCUT2D eigenvalue weighted by Crippen LogP contribution is -2.97. The van der Waals surface area contributed by atoms with E-state index in [2.05, 4.69) is 12.2 Å². The van der Waals surface area contributed by atoms with Crippen molar-refractivity contribution in [1.29, 1.82) is 0 Å². The lowest BCUT2D eigenvalue weighted by Gasteiger charge is -2.36. The van der Waals surface area contributed by atoms with Crippen molar-refractivity contribution in [3.05, 3.63) is 0 Å². The van der Waals surface area contributed by atoms with Crippen LogP contribution in [-0.2, 0) is 0 Å². The van der Waals surface area contributed by atoms with E-state index in [-0.39, 0.29) is 0 Å². The van der Waals surface area contributed by atoms with Gasteiger partial charge in [-0.1, -0.05) is 6.42 Å². The Morgan fingerprint density at radius 1 is 1.00 bits per heavy atom. The average Bonchev–Trinajstić information content (AvgIpc) is 2.04. The fraction of sp³-hybridized carbons (Fsp3) is 1.00. The van der Waals surface area contributed by atoms with Crippen LogP contribution in [0.2, 0.25) is 0 Å². The van der Waals surface area contributed by atoms with Crippen molar-refractivity contribution >= 4 is 0 Å². The Bertz CT molecular complexity index is 133. The molecule has 0 bridgehead atoms. The summed E-state index contributed by atoms with van der Waals surface area (Å²) in [6.45, 7) is 2.38. The Hall–Kier alpha value is -0.0400. The zero-order valence-electron chi connectivity index (χ0n) is 7.55. The molecular formula is C10H20N+. The number of quaternary nitrogens is 1. The summed E-state index contributed by atoms with van der Waals surface area (Å²) in [5.74, 6) is 1.08. The molecule has 0 aromatic rings. The fourth-order valence-corrected chi connectivity index (χ4v) is 2.84. The predicted octanol–water partition coefficient (Wildman–Crippen LogP) is 1.29. The number of piperidine rings is 1. The first-order chi connectivity index (χ1) is 5.36. The SMILES string of the molecule is C[C@H]1CC[C@H]2CCCC[C@@H]2[NH2+]1. The van der Waals surface area contributed by atoms with Gasteiger partial charge in [0, 0.05) is 5.92 Å². The van der Waals surface area contributed by atoms with Crippen LogP contribution in [0.1, 0.15) is 45.4 Å². The van der Waals surface area contributed by atoms with E-state index < -0.39 is 0 Å². The molecule has 1 heteroatoms. The third-order valence-corrected chi connectivity index (χ3v) is 3.54. The molecule has 3 atom stereocenters. The first-order valence-electron chi connectivity index (χ1n) is 5.21. The Kier molecular flexibility index (Phi) is 2.17. The topological polar surface area (TPSA) is 16.6 Å². The summed E-state index contributed by atoms with van der Waals surface area (Å²) in [6, 6.07) is 1.92. The van der Waals surface area contributed by atoms with Crippen LogP contribution in [0.25, 0.3) is 0 Å². The molecule has 1 aliphatic heterocycles. The minimum Gasteiger partial charge on any atom is -0.341 e. The van der Waals surface area contributed by atoms with Gasteiger partial charge in [-0.25, -0.2) is 0 Å². The van der Waals surface area contributed by atoms with E-state index in [0.717, 1.165) is 18.0 Å². The molecule has 1 aliphatic carbocycles. The first-order valence-corrected chi connectivity index (χ1v) is 5.21. The molecule has 0 unspecified atom stereocenters. The Balaban J connectivity index is 1.93. The van der Waals surface area contributed by atoms with Crippen molar-refractivity contribution < 1.29 is 5.32 Å². The number of fused-ring (bicyclic) bond motifs is 1. The van der Waals surface area contributed by atoms with Crippen molar-refractivity contribution in [2.75, 3.05) is 0 Å². The summed E-state index contributed by atoms with van der Waals surface area (Å²) in [5.41, 5.74) is 0. The maximum absolute atomic E-state index is 2.63. The van der Waals surface area contributed by atoms with Gasteiger partial charge in [0.15, 0.2) is 0 Å². The molecule has 1 saturated carbocycles. The van der Waals surface area contributed by atoms with E-state index >= 15 is 0 Å². The van der Waals surface area contributed by atoms with E-state index in [1.54, 1.807) is 0 Å². The van der Waals surface area contributed by atoms with E-state index in [1.165, 1.54) is 38.5 Å². The molecule has 11 heavy (non-hydrogen) atoms. The Labute approximate surface area is 69.6 Å². The quantitative estimate of drug-likeness (QED) is 0.541. The number of hydrogen-bond donors (Lipinski definition) is 1. The van der Waals surface area contributed by atoms with Crippen LogP contribution < -0.4 is 5.32 Å². The normalized spacial score (nSPS) is 45.0. The molecule has 2 fully saturated rings. The third-order valence-electron chi connectivity index (χ3n) is 3.54. The van der Waals surface area contributed by atoms with Gasteiger partial charge >= 0.3 is 0 Å². The van der Waals surface area contributed by atoms with Crippen LogP contribution in [0.3, 0.4) is 0 Å². The molecule has 0 amide bonds. The summed E-state index contributed by atoms with van der Waals surface area (Å²) >= 11 is 0. The van der Waals surface area contributed by atoms with Gasteiger partial charge in [-0.05, 0) is 39.0 Å². The standard InChI is InChI=1S/C10H19N/c1-8-6-7-9-4-2-3-5-10(9)11-8/h8-11H,2-7H2,1H3/p+1/t8-,9+,10-/m0/s1. The van der Waals surface area contributed by atoms with Crippen molar-refractivity contribution in [2.45, 2.75) is 57.5 Å². The Morgan fingerprint density at radius 2 is 1.82 bits per heavy atom. The second-order valence-corrected chi connectivity index (χ2v) is 4.46. The first kappa shape index (κ1) is 7.60. The zero-order valence-corrected chi connectivity index (χ0v) is 7.55. The highest BCUT2D eigenvalue weighted by atomic mass is 15.0. The number of nitrogens with two attached hydrogens (primary N) is 1. The maximum atomic E-state index is 2.63. The minimum absolute atomic E-state index is 0.911. The fourth-order valence-electron chi connectivity index (χ4n) is 2.84. The molecule has 0 radical (unpaired) electrons. The molecule has 0 aromatic heterocycles. The summed E-state index contributed by atoms with van der Waals surface area (Å²) < 4.78 is 0. The van der Waals surface area contributed by atoms with Gasteiger partial charge in [0.1, 0.15) is 0 Å². The van der Waals surface area contributed by atoms with Gasteiger partial charge in [-0.2, -0.15) is 0 Å². The highest BCUT2D eigenvalue weighted by Crippen LogP contribution is 2.28. The molecule has 2 aliphatic rings. The van der Waals surface area contributed by atoms with Gasteiger partial charge in [0.2, 0.25) is 0 Å². The van der Waals surface area contributed by atoms with Crippen molar-refractivity contribution in [2.24, 2.45) is 5.92 Å². The van der Waals surface area contributed by atoms with Gasteiger partial charge in [0.25, 0.3) is 0 Å². The molecule has 0 aromatic carbocycles. The van der Waals surface area contributed by atoms with Crippen LogP contribution in [0.5, 0.6) is 0 Å². The van der Waals surface area contributed by atoms with Gasteiger partial charge in [0.05, 0.1) is 12.1 Å². The highest BCUT2D eigenvalue weighted by molar-refractivity contribution is 4.77. The van der Waals surface area contributed by atoms with Crippen molar-refractivity contribution in [1.82, 2.24) is 0 Å². The van der Waals surface area contributed by atoms with Gasteiger partial charge in [-0.15, -0.1) is 0 Å². The second kappa shape index (κ2) is 3.14. The highest BCUT2D eigenvalue weighted by Gasteiger charge is 2.32. The molecule has 1 saturated heterocycles. The van der Waals surface area contributed by atoms with Gasteiger partial charge < -0.3 is 5.32 Å². The predicted molar refractivity (Wildman–Crippen MR) is 46.4 cm³/mol. The van der Waals surface area contributed by atoms with Gasteiger partial charge in [-0.3, -0.25) is 0 Å². The van der Waals surface area contributed by atoms with Crippen molar-refractivity contribution in [3.63, 3.8) is 0 Å². The smallest absolute Gasteiger partial charge is 0.0889 e. The molecule has 2 rings (SSSR count). The number of rotatable bonds is 0. The van der Waals surface area contributed by atoms with Crippen LogP contribution >= 0.6 is 0 Å². The third kappa shape index (κ3) is 1.58. The number of hydrogen-bond acceptors (Lipinski definition) is 0. The van der Waals surface area contributed by atoms with E-state index in [9.17, 15) is 0 Å². The van der Waals surface area contributed by atoms with Crippen LogP contribution in [0.4, 0.5) is 0 Å². The monoisotopic (exact) mass is 154 g/mol. The summed E-state index contributed by atoms with van der Waals surface area (Å²) in [6.07, 6.45) is 8.99. The van der Waals surface area contributed by atoms with Crippen LogP contribution in [-0.4, -0.2) is 12.1 Å². The van der Waals surface area contributed by atoms with E-state index in [4.69, 9.17) is 0 Å². The molecule has 1 heterocycles. The second-order valence-electron chi connectivity index (χ2n) is 4.46. The van der Waals surface area contributed by atoms with E-state index in [1.807, 2.05) is 0 Å². The van der Waals surface area contributed by atoms with Crippen molar-refractivity contribution in [3.8, 4) is 0 Å².